The number of ether oxygens (including phenoxy) is 1. The lowest BCUT2D eigenvalue weighted by molar-refractivity contribution is -0.112. The van der Waals surface area contributed by atoms with Crippen LogP contribution in [-0.4, -0.2) is 47.4 Å². The number of nitrogens with two attached hydrogens (primary N) is 1. The van der Waals surface area contributed by atoms with Crippen LogP contribution < -0.4 is 15.8 Å². The molecule has 1 amide bonds. The van der Waals surface area contributed by atoms with E-state index in [-0.39, 0.29) is 16.3 Å². The number of benzene rings is 2. The summed E-state index contributed by atoms with van der Waals surface area (Å²) < 4.78 is 5.52. The van der Waals surface area contributed by atoms with Crippen LogP contribution in [0.1, 0.15) is 22.8 Å². The van der Waals surface area contributed by atoms with E-state index in [9.17, 15) is 9.59 Å². The summed E-state index contributed by atoms with van der Waals surface area (Å²) in [5.74, 6) is 0.0913. The SMILES string of the molecule is CCOc1cc(N)c(Cl)cc1C(=O)NCC1CN(Cc2ccccc2)CC(=O)S1. The molecule has 0 bridgehead atoms. The first kappa shape index (κ1) is 21.5. The first-order valence-corrected chi connectivity index (χ1v) is 10.7. The van der Waals surface area contributed by atoms with E-state index in [1.165, 1.54) is 17.8 Å². The third kappa shape index (κ3) is 5.88. The number of carbonyl (C=O) groups excluding carboxylic acids is 2. The zero-order valence-corrected chi connectivity index (χ0v) is 17.8. The van der Waals surface area contributed by atoms with Gasteiger partial charge in [0.15, 0.2) is 0 Å². The second kappa shape index (κ2) is 10.0. The van der Waals surface area contributed by atoms with Gasteiger partial charge in [0.1, 0.15) is 5.75 Å². The van der Waals surface area contributed by atoms with Crippen molar-refractivity contribution in [3.8, 4) is 5.75 Å². The van der Waals surface area contributed by atoms with Gasteiger partial charge >= 0.3 is 0 Å². The van der Waals surface area contributed by atoms with Gasteiger partial charge in [0.2, 0.25) is 5.12 Å². The monoisotopic (exact) mass is 433 g/mol. The fourth-order valence-corrected chi connectivity index (χ4v) is 4.43. The molecule has 1 fully saturated rings. The molecule has 3 rings (SSSR count). The van der Waals surface area contributed by atoms with Crippen LogP contribution in [0, 0.1) is 0 Å². The quantitative estimate of drug-likeness (QED) is 0.652. The number of halogens is 1. The van der Waals surface area contributed by atoms with Crippen molar-refractivity contribution in [2.24, 2.45) is 0 Å². The lowest BCUT2D eigenvalue weighted by Gasteiger charge is -2.31. The normalized spacial score (nSPS) is 17.2. The van der Waals surface area contributed by atoms with Crippen LogP contribution in [0.15, 0.2) is 42.5 Å². The Balaban J connectivity index is 1.62. The van der Waals surface area contributed by atoms with Crippen LogP contribution in [0.3, 0.4) is 0 Å². The highest BCUT2D eigenvalue weighted by molar-refractivity contribution is 8.14. The van der Waals surface area contributed by atoms with Crippen molar-refractivity contribution in [3.63, 3.8) is 0 Å². The van der Waals surface area contributed by atoms with E-state index in [2.05, 4.69) is 10.2 Å². The van der Waals surface area contributed by atoms with E-state index < -0.39 is 0 Å². The number of thioether (sulfide) groups is 1. The second-order valence-corrected chi connectivity index (χ2v) is 8.54. The molecule has 1 unspecified atom stereocenters. The van der Waals surface area contributed by atoms with E-state index in [0.29, 0.717) is 54.8 Å². The smallest absolute Gasteiger partial charge is 0.255 e. The molecular weight excluding hydrogens is 410 g/mol. The molecule has 1 saturated heterocycles. The van der Waals surface area contributed by atoms with Crippen LogP contribution in [0.4, 0.5) is 5.69 Å². The van der Waals surface area contributed by atoms with Crippen LogP contribution in [0.2, 0.25) is 5.02 Å². The second-order valence-electron chi connectivity index (χ2n) is 6.78. The van der Waals surface area contributed by atoms with Crippen molar-refractivity contribution in [1.29, 1.82) is 0 Å². The summed E-state index contributed by atoms with van der Waals surface area (Å²) in [6, 6.07) is 13.1. The number of nitrogen functional groups attached to an aromatic ring is 1. The Bertz CT molecular complexity index is 879. The highest BCUT2D eigenvalue weighted by Gasteiger charge is 2.27. The molecule has 8 heteroatoms. The van der Waals surface area contributed by atoms with Crippen molar-refractivity contribution in [1.82, 2.24) is 10.2 Å². The van der Waals surface area contributed by atoms with Gasteiger partial charge in [-0.25, -0.2) is 0 Å². The first-order chi connectivity index (χ1) is 14.0. The molecular formula is C21H24ClN3O3S. The van der Waals surface area contributed by atoms with Gasteiger partial charge in [-0.3, -0.25) is 14.5 Å². The average Bonchev–Trinajstić information content (AvgIpc) is 2.69. The lowest BCUT2D eigenvalue weighted by atomic mass is 10.1. The Kier molecular flexibility index (Phi) is 7.41. The number of hydrogen-bond donors (Lipinski definition) is 2. The summed E-state index contributed by atoms with van der Waals surface area (Å²) >= 11 is 7.36. The predicted molar refractivity (Wildman–Crippen MR) is 117 cm³/mol. The Morgan fingerprint density at radius 1 is 1.34 bits per heavy atom. The maximum absolute atomic E-state index is 12.7. The highest BCUT2D eigenvalue weighted by atomic mass is 35.5. The molecule has 29 heavy (non-hydrogen) atoms. The van der Waals surface area contributed by atoms with Gasteiger partial charge in [0.25, 0.3) is 5.91 Å². The summed E-state index contributed by atoms with van der Waals surface area (Å²) in [7, 11) is 0. The van der Waals surface area contributed by atoms with Gasteiger partial charge < -0.3 is 15.8 Å². The van der Waals surface area contributed by atoms with Gasteiger partial charge in [-0.15, -0.1) is 0 Å². The van der Waals surface area contributed by atoms with Gasteiger partial charge in [-0.05, 0) is 18.6 Å². The van der Waals surface area contributed by atoms with Crippen molar-refractivity contribution < 1.29 is 14.3 Å². The lowest BCUT2D eigenvalue weighted by Crippen LogP contribution is -2.44. The summed E-state index contributed by atoms with van der Waals surface area (Å²) in [4.78, 5) is 27.0. The molecule has 3 N–H and O–H groups in total. The van der Waals surface area contributed by atoms with Gasteiger partial charge in [0, 0.05) is 31.0 Å². The minimum atomic E-state index is -0.302. The third-order valence-electron chi connectivity index (χ3n) is 4.50. The molecule has 0 saturated carbocycles. The molecule has 154 valence electrons. The summed E-state index contributed by atoms with van der Waals surface area (Å²) in [5.41, 5.74) is 7.67. The first-order valence-electron chi connectivity index (χ1n) is 9.42. The fraction of sp³-hybridized carbons (Fsp3) is 0.333. The fourth-order valence-electron chi connectivity index (χ4n) is 3.19. The van der Waals surface area contributed by atoms with Crippen molar-refractivity contribution >= 4 is 40.1 Å². The van der Waals surface area contributed by atoms with Crippen molar-refractivity contribution in [3.05, 3.63) is 58.6 Å². The third-order valence-corrected chi connectivity index (χ3v) is 5.86. The zero-order chi connectivity index (χ0) is 20.8. The number of hydrogen-bond acceptors (Lipinski definition) is 6. The largest absolute Gasteiger partial charge is 0.493 e. The molecule has 0 aromatic heterocycles. The minimum Gasteiger partial charge on any atom is -0.493 e. The standard InChI is InChI=1S/C21H24ClN3O3S/c1-2-28-19-9-18(23)17(22)8-16(19)21(27)24-10-15-12-25(13-20(26)29-15)11-14-6-4-3-5-7-14/h3-9,15H,2,10-13,23H2,1H3,(H,24,27). The number of nitrogens with zero attached hydrogens (tertiary/aromatic N) is 1. The topological polar surface area (TPSA) is 84.7 Å². The Morgan fingerprint density at radius 2 is 2.10 bits per heavy atom. The van der Waals surface area contributed by atoms with Gasteiger partial charge in [0.05, 0.1) is 29.4 Å². The number of nitrogens with one attached hydrogen (secondary N) is 1. The maximum Gasteiger partial charge on any atom is 0.255 e. The highest BCUT2D eigenvalue weighted by Crippen LogP contribution is 2.29. The molecule has 0 spiro atoms. The molecule has 0 aliphatic carbocycles. The van der Waals surface area contributed by atoms with E-state index in [0.717, 1.165) is 5.56 Å². The number of amides is 1. The van der Waals surface area contributed by atoms with Gasteiger partial charge in [-0.2, -0.15) is 0 Å². The summed E-state index contributed by atoms with van der Waals surface area (Å²) in [6.45, 7) is 4.44. The molecule has 2 aromatic carbocycles. The number of rotatable bonds is 7. The van der Waals surface area contributed by atoms with E-state index in [1.807, 2.05) is 37.3 Å². The molecule has 1 heterocycles. The summed E-state index contributed by atoms with van der Waals surface area (Å²) in [5, 5.41) is 3.29. The Hall–Kier alpha value is -2.22. The van der Waals surface area contributed by atoms with E-state index >= 15 is 0 Å². The maximum atomic E-state index is 12.7. The Morgan fingerprint density at radius 3 is 2.83 bits per heavy atom. The van der Waals surface area contributed by atoms with Crippen LogP contribution in [-0.2, 0) is 11.3 Å². The molecule has 6 nitrogen and oxygen atoms in total. The number of anilines is 1. The van der Waals surface area contributed by atoms with E-state index in [1.54, 1.807) is 6.07 Å². The Labute approximate surface area is 179 Å². The molecule has 2 aromatic rings. The van der Waals surface area contributed by atoms with Crippen LogP contribution in [0.25, 0.3) is 0 Å². The predicted octanol–water partition coefficient (Wildman–Crippen LogP) is 3.19. The minimum absolute atomic E-state index is 0.0243. The average molecular weight is 434 g/mol. The molecule has 1 aliphatic heterocycles. The molecule has 1 atom stereocenters. The molecule has 1 aliphatic rings. The van der Waals surface area contributed by atoms with Crippen LogP contribution >= 0.6 is 23.4 Å². The van der Waals surface area contributed by atoms with E-state index in [4.69, 9.17) is 22.1 Å². The number of carbonyl (C=O) groups is 2. The molecule has 0 radical (unpaired) electrons. The van der Waals surface area contributed by atoms with Crippen molar-refractivity contribution in [2.45, 2.75) is 18.7 Å². The summed E-state index contributed by atoms with van der Waals surface area (Å²) in [6.07, 6.45) is 0. The van der Waals surface area contributed by atoms with Gasteiger partial charge in [-0.1, -0.05) is 53.7 Å². The van der Waals surface area contributed by atoms with Crippen LogP contribution in [0.5, 0.6) is 5.75 Å². The van der Waals surface area contributed by atoms with Crippen molar-refractivity contribution in [2.75, 3.05) is 32.0 Å². The zero-order valence-electron chi connectivity index (χ0n) is 16.2.